The van der Waals surface area contributed by atoms with E-state index in [1.54, 1.807) is 7.11 Å². The second kappa shape index (κ2) is 6.38. The van der Waals surface area contributed by atoms with E-state index in [-0.39, 0.29) is 0 Å². The number of hydrogen-bond acceptors (Lipinski definition) is 3. The number of likely N-dealkylation sites (tertiary alicyclic amines) is 1. The molecule has 0 aromatic carbocycles. The van der Waals surface area contributed by atoms with Crippen LogP contribution in [0.4, 0.5) is 0 Å². The van der Waals surface area contributed by atoms with E-state index < -0.39 is 0 Å². The van der Waals surface area contributed by atoms with Crippen molar-refractivity contribution < 1.29 is 4.74 Å². The van der Waals surface area contributed by atoms with E-state index in [9.17, 15) is 0 Å². The van der Waals surface area contributed by atoms with Crippen molar-refractivity contribution in [3.05, 3.63) is 0 Å². The fourth-order valence-corrected chi connectivity index (χ4v) is 2.11. The average molecular weight is 200 g/mol. The third-order valence-electron chi connectivity index (χ3n) is 3.08. The molecule has 1 heterocycles. The van der Waals surface area contributed by atoms with Crippen LogP contribution < -0.4 is 5.32 Å². The lowest BCUT2D eigenvalue weighted by atomic mass is 10.2. The van der Waals surface area contributed by atoms with Crippen LogP contribution in [0.5, 0.6) is 0 Å². The zero-order chi connectivity index (χ0) is 10.4. The van der Waals surface area contributed by atoms with Crippen molar-refractivity contribution in [2.75, 3.05) is 33.4 Å². The van der Waals surface area contributed by atoms with Crippen molar-refractivity contribution in [3.63, 3.8) is 0 Å². The summed E-state index contributed by atoms with van der Waals surface area (Å²) >= 11 is 0. The first kappa shape index (κ1) is 12.0. The molecule has 0 aromatic rings. The van der Waals surface area contributed by atoms with Gasteiger partial charge < -0.3 is 10.1 Å². The van der Waals surface area contributed by atoms with Crippen LogP contribution in [0.1, 0.15) is 26.7 Å². The molecule has 1 aliphatic rings. The smallest absolute Gasteiger partial charge is 0.0477 e. The maximum absolute atomic E-state index is 5.10. The molecule has 2 unspecified atom stereocenters. The van der Waals surface area contributed by atoms with E-state index >= 15 is 0 Å². The number of methoxy groups -OCH3 is 1. The molecular weight excluding hydrogens is 176 g/mol. The molecule has 84 valence electrons. The highest BCUT2D eigenvalue weighted by atomic mass is 16.5. The van der Waals surface area contributed by atoms with Gasteiger partial charge >= 0.3 is 0 Å². The number of hydrogen-bond donors (Lipinski definition) is 1. The van der Waals surface area contributed by atoms with E-state index in [1.807, 2.05) is 0 Å². The molecule has 1 aliphatic heterocycles. The third-order valence-corrected chi connectivity index (χ3v) is 3.08. The average Bonchev–Trinajstić information content (AvgIpc) is 2.63. The Kier molecular flexibility index (Phi) is 5.45. The summed E-state index contributed by atoms with van der Waals surface area (Å²) in [7, 11) is 1.78. The second-order valence-electron chi connectivity index (χ2n) is 4.17. The maximum atomic E-state index is 5.10. The predicted molar refractivity (Wildman–Crippen MR) is 59.6 cm³/mol. The zero-order valence-electron chi connectivity index (χ0n) is 9.75. The molecule has 3 nitrogen and oxygen atoms in total. The summed E-state index contributed by atoms with van der Waals surface area (Å²) in [6, 6.07) is 1.38. The van der Waals surface area contributed by atoms with Crippen LogP contribution >= 0.6 is 0 Å². The highest BCUT2D eigenvalue weighted by molar-refractivity contribution is 4.83. The highest BCUT2D eigenvalue weighted by Gasteiger charge is 2.24. The Morgan fingerprint density at radius 1 is 1.57 bits per heavy atom. The van der Waals surface area contributed by atoms with E-state index in [1.165, 1.54) is 19.5 Å². The van der Waals surface area contributed by atoms with Crippen LogP contribution in [0.15, 0.2) is 0 Å². The standard InChI is InChI=1S/C11H24N2O/c1-4-12-11-5-7-13(9-11)10(2)6-8-14-3/h10-12H,4-9H2,1-3H3. The largest absolute Gasteiger partial charge is 0.385 e. The molecule has 1 N–H and O–H groups in total. The monoisotopic (exact) mass is 200 g/mol. The normalized spacial score (nSPS) is 25.5. The van der Waals surface area contributed by atoms with Gasteiger partial charge in [0, 0.05) is 38.9 Å². The molecule has 0 amide bonds. The van der Waals surface area contributed by atoms with Gasteiger partial charge in [0.15, 0.2) is 0 Å². The van der Waals surface area contributed by atoms with Gasteiger partial charge in [0.2, 0.25) is 0 Å². The van der Waals surface area contributed by atoms with E-state index in [0.29, 0.717) is 12.1 Å². The van der Waals surface area contributed by atoms with Gasteiger partial charge in [0.1, 0.15) is 0 Å². The highest BCUT2D eigenvalue weighted by Crippen LogP contribution is 2.14. The van der Waals surface area contributed by atoms with Crippen LogP contribution in [-0.2, 0) is 4.74 Å². The summed E-state index contributed by atoms with van der Waals surface area (Å²) in [5, 5.41) is 3.51. The minimum atomic E-state index is 0.665. The first-order chi connectivity index (χ1) is 6.77. The number of ether oxygens (including phenoxy) is 1. The lowest BCUT2D eigenvalue weighted by molar-refractivity contribution is 0.151. The van der Waals surface area contributed by atoms with Crippen molar-refractivity contribution >= 4 is 0 Å². The quantitative estimate of drug-likeness (QED) is 0.695. The number of rotatable bonds is 6. The minimum Gasteiger partial charge on any atom is -0.385 e. The third kappa shape index (κ3) is 3.56. The summed E-state index contributed by atoms with van der Waals surface area (Å²) in [5.41, 5.74) is 0. The van der Waals surface area contributed by atoms with Crippen molar-refractivity contribution in [1.82, 2.24) is 10.2 Å². The predicted octanol–water partition coefficient (Wildman–Crippen LogP) is 1.10. The van der Waals surface area contributed by atoms with Gasteiger partial charge in [-0.2, -0.15) is 0 Å². The maximum Gasteiger partial charge on any atom is 0.0477 e. The van der Waals surface area contributed by atoms with Gasteiger partial charge in [0.25, 0.3) is 0 Å². The van der Waals surface area contributed by atoms with E-state index in [2.05, 4.69) is 24.1 Å². The molecule has 0 spiro atoms. The number of nitrogens with one attached hydrogen (secondary N) is 1. The summed E-state index contributed by atoms with van der Waals surface area (Å²) in [6.45, 7) is 8.89. The van der Waals surface area contributed by atoms with Crippen molar-refractivity contribution in [1.29, 1.82) is 0 Å². The first-order valence-electron chi connectivity index (χ1n) is 5.74. The van der Waals surface area contributed by atoms with Crippen LogP contribution in [0.2, 0.25) is 0 Å². The zero-order valence-corrected chi connectivity index (χ0v) is 9.75. The van der Waals surface area contributed by atoms with Gasteiger partial charge in [-0.15, -0.1) is 0 Å². The van der Waals surface area contributed by atoms with Crippen LogP contribution in [-0.4, -0.2) is 50.3 Å². The van der Waals surface area contributed by atoms with Gasteiger partial charge in [-0.05, 0) is 26.3 Å². The molecule has 3 heteroatoms. The van der Waals surface area contributed by atoms with Gasteiger partial charge in [-0.1, -0.05) is 6.92 Å². The summed E-state index contributed by atoms with van der Waals surface area (Å²) < 4.78 is 5.10. The molecule has 1 saturated heterocycles. The van der Waals surface area contributed by atoms with E-state index in [4.69, 9.17) is 4.74 Å². The second-order valence-corrected chi connectivity index (χ2v) is 4.17. The molecule has 1 fully saturated rings. The van der Waals surface area contributed by atoms with Crippen LogP contribution in [0, 0.1) is 0 Å². The van der Waals surface area contributed by atoms with Crippen LogP contribution in [0.3, 0.4) is 0 Å². The van der Waals surface area contributed by atoms with Gasteiger partial charge in [0.05, 0.1) is 0 Å². The molecule has 0 aliphatic carbocycles. The fraction of sp³-hybridized carbons (Fsp3) is 1.00. The molecule has 0 radical (unpaired) electrons. The minimum absolute atomic E-state index is 0.665. The van der Waals surface area contributed by atoms with E-state index in [0.717, 1.165) is 19.6 Å². The summed E-state index contributed by atoms with van der Waals surface area (Å²) in [4.78, 5) is 2.56. The molecule has 1 rings (SSSR count). The Morgan fingerprint density at radius 3 is 3.00 bits per heavy atom. The van der Waals surface area contributed by atoms with Crippen molar-refractivity contribution in [2.45, 2.75) is 38.8 Å². The Labute approximate surface area is 87.8 Å². The van der Waals surface area contributed by atoms with Crippen molar-refractivity contribution in [3.8, 4) is 0 Å². The van der Waals surface area contributed by atoms with Gasteiger partial charge in [-0.25, -0.2) is 0 Å². The lowest BCUT2D eigenvalue weighted by Gasteiger charge is -2.24. The molecule has 0 bridgehead atoms. The van der Waals surface area contributed by atoms with Gasteiger partial charge in [-0.3, -0.25) is 4.90 Å². The Balaban J connectivity index is 2.19. The molecule has 14 heavy (non-hydrogen) atoms. The number of likely N-dealkylation sites (N-methyl/N-ethyl adjacent to an activating group) is 1. The molecule has 2 atom stereocenters. The Hall–Kier alpha value is -0.120. The summed E-state index contributed by atoms with van der Waals surface area (Å²) in [5.74, 6) is 0. The van der Waals surface area contributed by atoms with Crippen LogP contribution in [0.25, 0.3) is 0 Å². The molecule has 0 aromatic heterocycles. The Bertz CT molecular complexity index is 152. The molecule has 0 saturated carbocycles. The molecular formula is C11H24N2O. The fourth-order valence-electron chi connectivity index (χ4n) is 2.11. The van der Waals surface area contributed by atoms with Crippen molar-refractivity contribution in [2.24, 2.45) is 0 Å². The Morgan fingerprint density at radius 2 is 2.36 bits per heavy atom. The topological polar surface area (TPSA) is 24.5 Å². The number of nitrogens with zero attached hydrogens (tertiary/aromatic N) is 1. The summed E-state index contributed by atoms with van der Waals surface area (Å²) in [6.07, 6.45) is 2.44. The lowest BCUT2D eigenvalue weighted by Crippen LogP contribution is -2.36. The first-order valence-corrected chi connectivity index (χ1v) is 5.74. The SMILES string of the molecule is CCNC1CCN(C(C)CCOC)C1.